The third-order valence-electron chi connectivity index (χ3n) is 2.66. The highest BCUT2D eigenvalue weighted by molar-refractivity contribution is 5.90. The van der Waals surface area contributed by atoms with E-state index in [0.717, 1.165) is 0 Å². The molecule has 0 amide bonds. The molecule has 5 nitrogen and oxygen atoms in total. The Hall–Kier alpha value is -2.63. The van der Waals surface area contributed by atoms with Gasteiger partial charge in [-0.15, -0.1) is 0 Å². The van der Waals surface area contributed by atoms with Crippen LogP contribution in [0.15, 0.2) is 30.3 Å². The van der Waals surface area contributed by atoms with Crippen molar-refractivity contribution in [1.82, 2.24) is 4.98 Å². The van der Waals surface area contributed by atoms with Gasteiger partial charge in [-0.2, -0.15) is 0 Å². The molecular formula is C14H13FN2O3. The van der Waals surface area contributed by atoms with E-state index >= 15 is 0 Å². The molecule has 2 aromatic rings. The van der Waals surface area contributed by atoms with E-state index in [4.69, 9.17) is 10.5 Å². The lowest BCUT2D eigenvalue weighted by Crippen LogP contribution is -2.05. The van der Waals surface area contributed by atoms with Crippen LogP contribution in [0.2, 0.25) is 0 Å². The number of benzene rings is 1. The third kappa shape index (κ3) is 2.85. The first-order chi connectivity index (χ1) is 9.51. The van der Waals surface area contributed by atoms with Crippen molar-refractivity contribution < 1.29 is 18.7 Å². The Morgan fingerprint density at radius 1 is 1.30 bits per heavy atom. The zero-order chi connectivity index (χ0) is 14.7. The van der Waals surface area contributed by atoms with Gasteiger partial charge in [0.1, 0.15) is 11.6 Å². The number of pyridine rings is 1. The zero-order valence-corrected chi connectivity index (χ0v) is 11.0. The maximum atomic E-state index is 13.3. The molecule has 0 radical (unpaired) electrons. The predicted molar refractivity (Wildman–Crippen MR) is 71.2 cm³/mol. The van der Waals surface area contributed by atoms with E-state index in [9.17, 15) is 9.18 Å². The van der Waals surface area contributed by atoms with E-state index in [0.29, 0.717) is 11.3 Å². The number of halogens is 1. The Labute approximate surface area is 115 Å². The van der Waals surface area contributed by atoms with Crippen LogP contribution in [-0.2, 0) is 4.74 Å². The van der Waals surface area contributed by atoms with Gasteiger partial charge in [0.05, 0.1) is 24.1 Å². The second-order valence-corrected chi connectivity index (χ2v) is 4.06. The van der Waals surface area contributed by atoms with Gasteiger partial charge >= 0.3 is 5.97 Å². The van der Waals surface area contributed by atoms with E-state index in [1.807, 2.05) is 0 Å². The van der Waals surface area contributed by atoms with Crippen molar-refractivity contribution in [1.29, 1.82) is 0 Å². The summed E-state index contributed by atoms with van der Waals surface area (Å²) in [6.07, 6.45) is 0. The average Bonchev–Trinajstić information content (AvgIpc) is 2.42. The number of aromatic nitrogens is 1. The minimum atomic E-state index is -0.564. The molecule has 1 heterocycles. The zero-order valence-electron chi connectivity index (χ0n) is 11.0. The van der Waals surface area contributed by atoms with Crippen LogP contribution in [0.5, 0.6) is 11.6 Å². The molecule has 0 saturated heterocycles. The molecule has 0 fully saturated rings. The number of ether oxygens (including phenoxy) is 2. The Bertz CT molecular complexity index is 659. The van der Waals surface area contributed by atoms with Crippen molar-refractivity contribution in [2.45, 2.75) is 6.92 Å². The Morgan fingerprint density at radius 2 is 2.05 bits per heavy atom. The van der Waals surface area contributed by atoms with Gasteiger partial charge in [0, 0.05) is 12.1 Å². The molecule has 2 N–H and O–H groups in total. The van der Waals surface area contributed by atoms with Crippen LogP contribution in [0.4, 0.5) is 10.1 Å². The number of hydrogen-bond donors (Lipinski definition) is 1. The van der Waals surface area contributed by atoms with Crippen molar-refractivity contribution in [3.05, 3.63) is 47.4 Å². The van der Waals surface area contributed by atoms with Crippen LogP contribution in [0.25, 0.3) is 0 Å². The molecule has 0 bridgehead atoms. The number of esters is 1. The molecule has 1 aromatic carbocycles. The largest absolute Gasteiger partial charge is 0.465 e. The Balaban J connectivity index is 2.24. The molecule has 0 saturated carbocycles. The number of anilines is 1. The van der Waals surface area contributed by atoms with Crippen LogP contribution in [-0.4, -0.2) is 18.1 Å². The van der Waals surface area contributed by atoms with Gasteiger partial charge in [0.2, 0.25) is 5.88 Å². The quantitative estimate of drug-likeness (QED) is 0.689. The second-order valence-electron chi connectivity index (χ2n) is 4.06. The number of rotatable bonds is 3. The first-order valence-corrected chi connectivity index (χ1v) is 5.80. The topological polar surface area (TPSA) is 74.4 Å². The Morgan fingerprint density at radius 3 is 2.65 bits per heavy atom. The number of nitrogens with two attached hydrogens (primary N) is 1. The van der Waals surface area contributed by atoms with Gasteiger partial charge in [-0.3, -0.25) is 0 Å². The summed E-state index contributed by atoms with van der Waals surface area (Å²) in [6, 6.07) is 7.15. The molecule has 1 aromatic heterocycles. The SMILES string of the molecule is COC(=O)c1ccc(Oc2ccc(N)c(F)c2)nc1C. The fourth-order valence-electron chi connectivity index (χ4n) is 1.61. The molecule has 0 aliphatic rings. The number of hydrogen-bond acceptors (Lipinski definition) is 5. The minimum absolute atomic E-state index is 0.0440. The fraction of sp³-hybridized carbons (Fsp3) is 0.143. The van der Waals surface area contributed by atoms with Gasteiger partial charge in [0.25, 0.3) is 0 Å². The van der Waals surface area contributed by atoms with Crippen LogP contribution >= 0.6 is 0 Å². The number of carbonyl (C=O) groups is 1. The van der Waals surface area contributed by atoms with E-state index in [1.54, 1.807) is 6.92 Å². The predicted octanol–water partition coefficient (Wildman–Crippen LogP) is 2.69. The molecule has 0 aliphatic carbocycles. The van der Waals surface area contributed by atoms with Crippen molar-refractivity contribution >= 4 is 11.7 Å². The highest BCUT2D eigenvalue weighted by atomic mass is 19.1. The van der Waals surface area contributed by atoms with Gasteiger partial charge in [-0.1, -0.05) is 0 Å². The Kier molecular flexibility index (Phi) is 3.84. The standard InChI is InChI=1S/C14H13FN2O3/c1-8-10(14(18)19-2)4-6-13(17-8)20-9-3-5-12(16)11(15)7-9/h3-7H,16H2,1-2H3. The summed E-state index contributed by atoms with van der Waals surface area (Å²) >= 11 is 0. The molecule has 0 spiro atoms. The molecule has 20 heavy (non-hydrogen) atoms. The maximum Gasteiger partial charge on any atom is 0.339 e. The normalized spacial score (nSPS) is 10.2. The summed E-state index contributed by atoms with van der Waals surface area (Å²) in [5.74, 6) is -0.515. The number of methoxy groups -OCH3 is 1. The average molecular weight is 276 g/mol. The lowest BCUT2D eigenvalue weighted by atomic mass is 10.2. The van der Waals surface area contributed by atoms with Crippen molar-refractivity contribution in [3.63, 3.8) is 0 Å². The summed E-state index contributed by atoms with van der Waals surface area (Å²) in [7, 11) is 1.29. The van der Waals surface area contributed by atoms with Crippen LogP contribution in [0, 0.1) is 12.7 Å². The van der Waals surface area contributed by atoms with Gasteiger partial charge < -0.3 is 15.2 Å². The highest BCUT2D eigenvalue weighted by Gasteiger charge is 2.11. The minimum Gasteiger partial charge on any atom is -0.465 e. The van der Waals surface area contributed by atoms with E-state index < -0.39 is 11.8 Å². The fourth-order valence-corrected chi connectivity index (χ4v) is 1.61. The smallest absolute Gasteiger partial charge is 0.339 e. The van der Waals surface area contributed by atoms with Crippen molar-refractivity contribution in [2.24, 2.45) is 0 Å². The van der Waals surface area contributed by atoms with E-state index in [1.165, 1.54) is 37.4 Å². The summed E-state index contributed by atoms with van der Waals surface area (Å²) < 4.78 is 23.3. The number of aryl methyl sites for hydroxylation is 1. The van der Waals surface area contributed by atoms with Gasteiger partial charge in [-0.05, 0) is 25.1 Å². The molecule has 2 rings (SSSR count). The highest BCUT2D eigenvalue weighted by Crippen LogP contribution is 2.24. The lowest BCUT2D eigenvalue weighted by molar-refractivity contribution is 0.0599. The molecule has 0 unspecified atom stereocenters. The summed E-state index contributed by atoms with van der Waals surface area (Å²) in [5, 5.41) is 0. The number of nitrogens with zero attached hydrogens (tertiary/aromatic N) is 1. The van der Waals surface area contributed by atoms with E-state index in [-0.39, 0.29) is 17.3 Å². The monoisotopic (exact) mass is 276 g/mol. The molecule has 104 valence electrons. The molecule has 0 aliphatic heterocycles. The van der Waals surface area contributed by atoms with Gasteiger partial charge in [0.15, 0.2) is 0 Å². The maximum absolute atomic E-state index is 13.3. The number of carbonyl (C=O) groups excluding carboxylic acids is 1. The molecule has 6 heteroatoms. The lowest BCUT2D eigenvalue weighted by Gasteiger charge is -2.08. The summed E-state index contributed by atoms with van der Waals surface area (Å²) in [5.41, 5.74) is 6.23. The summed E-state index contributed by atoms with van der Waals surface area (Å²) in [6.45, 7) is 1.66. The van der Waals surface area contributed by atoms with Crippen molar-refractivity contribution in [2.75, 3.05) is 12.8 Å². The van der Waals surface area contributed by atoms with Gasteiger partial charge in [-0.25, -0.2) is 14.2 Å². The van der Waals surface area contributed by atoms with Crippen molar-refractivity contribution in [3.8, 4) is 11.6 Å². The number of nitrogen functional groups attached to an aromatic ring is 1. The third-order valence-corrected chi connectivity index (χ3v) is 2.66. The summed E-state index contributed by atoms with van der Waals surface area (Å²) in [4.78, 5) is 15.5. The van der Waals surface area contributed by atoms with Crippen LogP contribution < -0.4 is 10.5 Å². The molecular weight excluding hydrogens is 263 g/mol. The first-order valence-electron chi connectivity index (χ1n) is 5.80. The second kappa shape index (κ2) is 5.56. The van der Waals surface area contributed by atoms with Crippen LogP contribution in [0.3, 0.4) is 0 Å². The van der Waals surface area contributed by atoms with E-state index in [2.05, 4.69) is 9.72 Å². The van der Waals surface area contributed by atoms with Crippen LogP contribution in [0.1, 0.15) is 16.1 Å². The molecule has 0 atom stereocenters. The first kappa shape index (κ1) is 13.8.